The van der Waals surface area contributed by atoms with Crippen LogP contribution in [-0.2, 0) is 11.3 Å². The van der Waals surface area contributed by atoms with Crippen LogP contribution in [0.4, 0.5) is 0 Å². The highest BCUT2D eigenvalue weighted by Crippen LogP contribution is 2.24. The summed E-state index contributed by atoms with van der Waals surface area (Å²) >= 11 is 5.71. The summed E-state index contributed by atoms with van der Waals surface area (Å²) < 4.78 is 0. The molecule has 0 unspecified atom stereocenters. The van der Waals surface area contributed by atoms with Crippen molar-refractivity contribution in [2.75, 3.05) is 13.1 Å². The monoisotopic (exact) mass is 444 g/mol. The third kappa shape index (κ3) is 7.18. The number of hydrogen-bond acceptors (Lipinski definition) is 3. The number of nitrogens with zero attached hydrogens (tertiary/aromatic N) is 1. The Morgan fingerprint density at radius 3 is 2.32 bits per heavy atom. The fraction of sp³-hybridized carbons (Fsp3) is 0.680. The zero-order valence-corrected chi connectivity index (χ0v) is 20.3. The van der Waals surface area contributed by atoms with Gasteiger partial charge in [-0.2, -0.15) is 0 Å². The number of rotatable bonds is 6. The minimum atomic E-state index is -0.315. The number of thiocarbonyl (C=S) groups is 1. The lowest BCUT2D eigenvalue weighted by Crippen LogP contribution is -2.60. The summed E-state index contributed by atoms with van der Waals surface area (Å²) in [6.07, 6.45) is 8.10. The maximum absolute atomic E-state index is 13.3. The summed E-state index contributed by atoms with van der Waals surface area (Å²) in [5.41, 5.74) is 1.09. The number of piperidine rings is 1. The van der Waals surface area contributed by atoms with Gasteiger partial charge < -0.3 is 20.9 Å². The minimum Gasteiger partial charge on any atom is -0.358 e. The van der Waals surface area contributed by atoms with Crippen molar-refractivity contribution in [2.45, 2.75) is 90.4 Å². The molecule has 2 aliphatic rings. The summed E-state index contributed by atoms with van der Waals surface area (Å²) in [6.45, 7) is 8.92. The average Bonchev–Trinajstić information content (AvgIpc) is 2.77. The van der Waals surface area contributed by atoms with Crippen molar-refractivity contribution in [1.29, 1.82) is 0 Å². The lowest BCUT2D eigenvalue weighted by molar-refractivity contribution is -0.136. The molecular weight excluding hydrogens is 404 g/mol. The molecule has 172 valence electrons. The third-order valence-corrected chi connectivity index (χ3v) is 6.79. The van der Waals surface area contributed by atoms with Crippen LogP contribution in [0.25, 0.3) is 0 Å². The van der Waals surface area contributed by atoms with Crippen LogP contribution >= 0.6 is 12.2 Å². The summed E-state index contributed by atoms with van der Waals surface area (Å²) in [4.78, 5) is 15.3. The second-order valence-electron chi connectivity index (χ2n) is 10.2. The van der Waals surface area contributed by atoms with Crippen LogP contribution in [0.3, 0.4) is 0 Å². The largest absolute Gasteiger partial charge is 0.358 e. The second-order valence-corrected chi connectivity index (χ2v) is 10.6. The molecule has 1 amide bonds. The van der Waals surface area contributed by atoms with Gasteiger partial charge in [-0.05, 0) is 55.3 Å². The zero-order chi connectivity index (χ0) is 22.3. The van der Waals surface area contributed by atoms with Gasteiger partial charge in [0.1, 0.15) is 6.04 Å². The van der Waals surface area contributed by atoms with Crippen LogP contribution < -0.4 is 16.0 Å². The first kappa shape index (κ1) is 24.0. The highest BCUT2D eigenvalue weighted by molar-refractivity contribution is 7.80. The maximum atomic E-state index is 13.3. The van der Waals surface area contributed by atoms with Crippen LogP contribution in [0.5, 0.6) is 0 Å². The van der Waals surface area contributed by atoms with Crippen molar-refractivity contribution in [3.8, 4) is 0 Å². The Bertz CT molecular complexity index is 712. The molecule has 3 atom stereocenters. The van der Waals surface area contributed by atoms with E-state index in [9.17, 15) is 4.79 Å². The molecule has 1 aliphatic carbocycles. The quantitative estimate of drug-likeness (QED) is 0.580. The first-order valence-corrected chi connectivity index (χ1v) is 12.4. The minimum absolute atomic E-state index is 0.179. The van der Waals surface area contributed by atoms with E-state index in [1.807, 2.05) is 4.90 Å². The molecule has 0 spiro atoms. The molecular formula is C25H40N4OS. The molecule has 1 heterocycles. The molecule has 0 bridgehead atoms. The Morgan fingerprint density at radius 1 is 1.03 bits per heavy atom. The lowest BCUT2D eigenvalue weighted by Gasteiger charge is -2.38. The number of nitrogens with one attached hydrogen (secondary N) is 3. The molecule has 0 radical (unpaired) electrons. The summed E-state index contributed by atoms with van der Waals surface area (Å²) in [5.74, 6) is 0.179. The third-order valence-electron chi connectivity index (χ3n) is 6.55. The van der Waals surface area contributed by atoms with E-state index in [1.165, 1.54) is 24.8 Å². The summed E-state index contributed by atoms with van der Waals surface area (Å²) in [7, 11) is 0. The van der Waals surface area contributed by atoms with Crippen LogP contribution in [-0.4, -0.2) is 47.1 Å². The fourth-order valence-corrected chi connectivity index (χ4v) is 4.95. The number of carbonyl (C=O) groups excluding carboxylic acids is 1. The highest BCUT2D eigenvalue weighted by atomic mass is 32.1. The Kier molecular flexibility index (Phi) is 8.73. The van der Waals surface area contributed by atoms with Crippen LogP contribution in [0.2, 0.25) is 0 Å². The van der Waals surface area contributed by atoms with E-state index in [0.29, 0.717) is 11.2 Å². The van der Waals surface area contributed by atoms with Crippen LogP contribution in [0, 0.1) is 5.41 Å². The number of amides is 1. The van der Waals surface area contributed by atoms with Gasteiger partial charge in [-0.1, -0.05) is 63.9 Å². The van der Waals surface area contributed by atoms with Crippen molar-refractivity contribution in [3.63, 3.8) is 0 Å². The van der Waals surface area contributed by atoms with E-state index >= 15 is 0 Å². The van der Waals surface area contributed by atoms with Crippen molar-refractivity contribution in [2.24, 2.45) is 5.41 Å². The van der Waals surface area contributed by atoms with Gasteiger partial charge in [0.25, 0.3) is 0 Å². The second kappa shape index (κ2) is 11.3. The van der Waals surface area contributed by atoms with E-state index in [0.717, 1.165) is 45.3 Å². The van der Waals surface area contributed by atoms with E-state index in [2.05, 4.69) is 67.1 Å². The Balaban J connectivity index is 1.58. The predicted molar refractivity (Wildman–Crippen MR) is 132 cm³/mol. The molecule has 5 nitrogen and oxygen atoms in total. The molecule has 2 fully saturated rings. The Morgan fingerprint density at radius 2 is 1.68 bits per heavy atom. The highest BCUT2D eigenvalue weighted by Gasteiger charge is 2.36. The van der Waals surface area contributed by atoms with Gasteiger partial charge >= 0.3 is 0 Å². The molecule has 1 aromatic rings. The van der Waals surface area contributed by atoms with Gasteiger partial charge in [0.2, 0.25) is 5.91 Å². The van der Waals surface area contributed by atoms with Crippen LogP contribution in [0.15, 0.2) is 30.3 Å². The van der Waals surface area contributed by atoms with E-state index in [4.69, 9.17) is 12.2 Å². The molecule has 0 aromatic heterocycles. The predicted octanol–water partition coefficient (Wildman–Crippen LogP) is 3.98. The molecule has 1 saturated carbocycles. The zero-order valence-electron chi connectivity index (χ0n) is 19.5. The normalized spacial score (nSPS) is 23.1. The van der Waals surface area contributed by atoms with E-state index < -0.39 is 0 Å². The maximum Gasteiger partial charge on any atom is 0.245 e. The van der Waals surface area contributed by atoms with Crippen LogP contribution in [0.1, 0.15) is 71.3 Å². The number of carbonyl (C=O) groups is 1. The molecule has 31 heavy (non-hydrogen) atoms. The molecule has 3 rings (SSSR count). The molecule has 1 aromatic carbocycles. The van der Waals surface area contributed by atoms with Gasteiger partial charge in [0.15, 0.2) is 5.11 Å². The molecule has 3 N–H and O–H groups in total. The van der Waals surface area contributed by atoms with Crippen molar-refractivity contribution < 1.29 is 4.79 Å². The standard InChI is InChI=1S/C25H40N4OS/c1-25(2,3)22(23(30)29-16-10-5-11-17-29)28-24(31)27-21-15-9-8-14-20(21)26-18-19-12-6-4-7-13-19/h4,6-7,12-13,20-22,26H,5,8-11,14-18H2,1-3H3,(H2,27,28,31)/t20-,21-,22-/m1/s1. The van der Waals surface area contributed by atoms with Gasteiger partial charge in [-0.15, -0.1) is 0 Å². The molecule has 6 heteroatoms. The first-order chi connectivity index (χ1) is 14.8. The topological polar surface area (TPSA) is 56.4 Å². The average molecular weight is 445 g/mol. The van der Waals surface area contributed by atoms with Gasteiger partial charge in [0.05, 0.1) is 0 Å². The summed E-state index contributed by atoms with van der Waals surface area (Å²) in [5, 5.41) is 11.3. The van der Waals surface area contributed by atoms with Gasteiger partial charge in [-0.3, -0.25) is 4.79 Å². The fourth-order valence-electron chi connectivity index (χ4n) is 4.68. The van der Waals surface area contributed by atoms with E-state index in [1.54, 1.807) is 0 Å². The number of likely N-dealkylation sites (tertiary alicyclic amines) is 1. The lowest BCUT2D eigenvalue weighted by atomic mass is 9.85. The van der Waals surface area contributed by atoms with Crippen molar-refractivity contribution >= 4 is 23.2 Å². The number of hydrogen-bond donors (Lipinski definition) is 3. The van der Waals surface area contributed by atoms with Crippen molar-refractivity contribution in [3.05, 3.63) is 35.9 Å². The SMILES string of the molecule is CC(C)(C)[C@H](NC(=S)N[C@@H]1CCCC[C@H]1NCc1ccccc1)C(=O)N1CCCCC1. The number of benzene rings is 1. The molecule has 1 aliphatic heterocycles. The van der Waals surface area contributed by atoms with Gasteiger partial charge in [-0.25, -0.2) is 0 Å². The Hall–Kier alpha value is -1.66. The van der Waals surface area contributed by atoms with Gasteiger partial charge in [0, 0.05) is 31.7 Å². The molecule has 1 saturated heterocycles. The van der Waals surface area contributed by atoms with E-state index in [-0.39, 0.29) is 23.4 Å². The van der Waals surface area contributed by atoms with Crippen molar-refractivity contribution in [1.82, 2.24) is 20.9 Å². The smallest absolute Gasteiger partial charge is 0.245 e. The summed E-state index contributed by atoms with van der Waals surface area (Å²) in [6, 6.07) is 10.9. The Labute approximate surface area is 193 Å². The first-order valence-electron chi connectivity index (χ1n) is 12.0.